The van der Waals surface area contributed by atoms with Crippen LogP contribution in [0.25, 0.3) is 0 Å². The van der Waals surface area contributed by atoms with Crippen molar-refractivity contribution in [2.45, 2.75) is 57.4 Å². The number of carbonyl (C=O) groups is 1. The van der Waals surface area contributed by atoms with Gasteiger partial charge in [-0.25, -0.2) is 0 Å². The van der Waals surface area contributed by atoms with Crippen molar-refractivity contribution in [3.05, 3.63) is 0 Å². The van der Waals surface area contributed by atoms with Crippen LogP contribution in [0.15, 0.2) is 0 Å². The molecule has 1 atom stereocenters. The van der Waals surface area contributed by atoms with Crippen LogP contribution in [-0.4, -0.2) is 41.6 Å². The Balaban J connectivity index is 1.79. The van der Waals surface area contributed by atoms with Crippen LogP contribution in [0.5, 0.6) is 0 Å². The highest BCUT2D eigenvalue weighted by Gasteiger charge is 2.48. The highest BCUT2D eigenvalue weighted by Crippen LogP contribution is 2.40. The average molecular weight is 310 g/mol. The maximum absolute atomic E-state index is 13.2. The Hall–Kier alpha value is -0.680. The summed E-state index contributed by atoms with van der Waals surface area (Å²) in [6, 6.07) is 0.425. The predicted octanol–water partition coefficient (Wildman–Crippen LogP) is 2.25. The van der Waals surface area contributed by atoms with Gasteiger partial charge in [0, 0.05) is 25.8 Å². The molecule has 21 heavy (non-hydrogen) atoms. The standard InChI is InChI=1S/C16H26N2O2S/c17-14(21)16(7-10-20-11-8-16)15(19)18-9-3-6-13(18)12-4-1-2-5-12/h12-13H,1-11H2,(H2,17,21). The Bertz CT molecular complexity index is 415. The van der Waals surface area contributed by atoms with Crippen LogP contribution >= 0.6 is 12.2 Å². The quantitative estimate of drug-likeness (QED) is 0.812. The molecule has 0 aromatic carbocycles. The number of nitrogens with two attached hydrogens (primary N) is 1. The maximum atomic E-state index is 13.2. The molecule has 1 aliphatic carbocycles. The van der Waals surface area contributed by atoms with Crippen molar-refractivity contribution < 1.29 is 9.53 Å². The lowest BCUT2D eigenvalue weighted by molar-refractivity contribution is -0.144. The summed E-state index contributed by atoms with van der Waals surface area (Å²) in [6.45, 7) is 2.06. The van der Waals surface area contributed by atoms with Gasteiger partial charge in [0.15, 0.2) is 0 Å². The third kappa shape index (κ3) is 2.70. The Morgan fingerprint density at radius 1 is 1.14 bits per heavy atom. The van der Waals surface area contributed by atoms with Crippen molar-refractivity contribution in [2.24, 2.45) is 17.1 Å². The lowest BCUT2D eigenvalue weighted by Crippen LogP contribution is -2.55. The van der Waals surface area contributed by atoms with E-state index in [4.69, 9.17) is 22.7 Å². The highest BCUT2D eigenvalue weighted by atomic mass is 32.1. The zero-order chi connectivity index (χ0) is 14.9. The summed E-state index contributed by atoms with van der Waals surface area (Å²) in [4.78, 5) is 15.7. The number of carbonyl (C=O) groups excluding carboxylic acids is 1. The monoisotopic (exact) mass is 310 g/mol. The van der Waals surface area contributed by atoms with Crippen LogP contribution < -0.4 is 5.73 Å². The van der Waals surface area contributed by atoms with Crippen LogP contribution in [-0.2, 0) is 9.53 Å². The van der Waals surface area contributed by atoms with E-state index < -0.39 is 5.41 Å². The first-order valence-corrected chi connectivity index (χ1v) is 8.75. The summed E-state index contributed by atoms with van der Waals surface area (Å²) >= 11 is 5.29. The molecule has 2 saturated heterocycles. The van der Waals surface area contributed by atoms with Gasteiger partial charge >= 0.3 is 0 Å². The molecule has 2 N–H and O–H groups in total. The van der Waals surface area contributed by atoms with Crippen molar-refractivity contribution >= 4 is 23.1 Å². The molecule has 2 heterocycles. The zero-order valence-corrected chi connectivity index (χ0v) is 13.5. The summed E-state index contributed by atoms with van der Waals surface area (Å²) < 4.78 is 5.43. The summed E-state index contributed by atoms with van der Waals surface area (Å²) in [5, 5.41) is 0. The number of amides is 1. The smallest absolute Gasteiger partial charge is 0.236 e. The van der Waals surface area contributed by atoms with Gasteiger partial charge in [0.1, 0.15) is 5.41 Å². The Kier molecular flexibility index (Phi) is 4.50. The zero-order valence-electron chi connectivity index (χ0n) is 12.7. The molecule has 0 aromatic rings. The fourth-order valence-corrected chi connectivity index (χ4v) is 4.73. The van der Waals surface area contributed by atoms with E-state index in [1.54, 1.807) is 0 Å². The summed E-state index contributed by atoms with van der Waals surface area (Å²) in [6.07, 6.45) is 8.76. The molecule has 4 nitrogen and oxygen atoms in total. The van der Waals surface area contributed by atoms with E-state index in [9.17, 15) is 4.79 Å². The third-order valence-corrected chi connectivity index (χ3v) is 6.12. The fraction of sp³-hybridized carbons (Fsp3) is 0.875. The first-order chi connectivity index (χ1) is 10.1. The number of rotatable bonds is 3. The van der Waals surface area contributed by atoms with Gasteiger partial charge in [-0.1, -0.05) is 25.1 Å². The van der Waals surface area contributed by atoms with E-state index in [2.05, 4.69) is 4.90 Å². The van der Waals surface area contributed by atoms with Crippen LogP contribution in [0, 0.1) is 11.3 Å². The van der Waals surface area contributed by atoms with Gasteiger partial charge in [-0.15, -0.1) is 0 Å². The molecule has 1 unspecified atom stereocenters. The molecule has 1 amide bonds. The highest BCUT2D eigenvalue weighted by molar-refractivity contribution is 7.80. The van der Waals surface area contributed by atoms with Crippen LogP contribution in [0.2, 0.25) is 0 Å². The number of thiocarbonyl (C=S) groups is 1. The summed E-state index contributed by atoms with van der Waals surface area (Å²) in [5.41, 5.74) is 5.35. The molecule has 0 bridgehead atoms. The average Bonchev–Trinajstić information content (AvgIpc) is 3.17. The molecule has 3 rings (SSSR count). The van der Waals surface area contributed by atoms with Crippen molar-refractivity contribution in [3.63, 3.8) is 0 Å². The molecule has 3 fully saturated rings. The van der Waals surface area contributed by atoms with Crippen LogP contribution in [0.1, 0.15) is 51.4 Å². The van der Waals surface area contributed by atoms with Crippen LogP contribution in [0.4, 0.5) is 0 Å². The summed E-state index contributed by atoms with van der Waals surface area (Å²) in [7, 11) is 0. The number of ether oxygens (including phenoxy) is 1. The van der Waals surface area contributed by atoms with Gasteiger partial charge in [0.2, 0.25) is 5.91 Å². The molecule has 118 valence electrons. The van der Waals surface area contributed by atoms with Gasteiger partial charge < -0.3 is 15.4 Å². The lowest BCUT2D eigenvalue weighted by atomic mass is 9.78. The van der Waals surface area contributed by atoms with Crippen molar-refractivity contribution in [1.82, 2.24) is 4.90 Å². The normalized spacial score (nSPS) is 29.7. The Morgan fingerprint density at radius 2 is 1.81 bits per heavy atom. The minimum absolute atomic E-state index is 0.188. The van der Waals surface area contributed by atoms with E-state index in [1.165, 1.54) is 25.7 Å². The summed E-state index contributed by atoms with van der Waals surface area (Å²) in [5.74, 6) is 0.882. The first kappa shape index (κ1) is 15.2. The Morgan fingerprint density at radius 3 is 2.43 bits per heavy atom. The third-order valence-electron chi connectivity index (χ3n) is 5.73. The number of likely N-dealkylation sites (tertiary alicyclic amines) is 1. The fourth-order valence-electron chi connectivity index (χ4n) is 4.44. The molecule has 2 aliphatic heterocycles. The number of hydrogen-bond donors (Lipinski definition) is 1. The van der Waals surface area contributed by atoms with Gasteiger partial charge in [-0.05, 0) is 44.4 Å². The SMILES string of the molecule is NC(=S)C1(C(=O)N2CCCC2C2CCCC2)CCOCC1. The largest absolute Gasteiger partial charge is 0.392 e. The van der Waals surface area contributed by atoms with E-state index in [0.717, 1.165) is 19.4 Å². The second-order valence-electron chi connectivity index (χ2n) is 6.81. The first-order valence-electron chi connectivity index (χ1n) is 8.34. The number of hydrogen-bond acceptors (Lipinski definition) is 3. The molecular formula is C16H26N2O2S. The topological polar surface area (TPSA) is 55.6 Å². The molecule has 5 heteroatoms. The van der Waals surface area contributed by atoms with E-state index in [0.29, 0.717) is 43.0 Å². The maximum Gasteiger partial charge on any atom is 0.236 e. The van der Waals surface area contributed by atoms with Gasteiger partial charge in [-0.2, -0.15) is 0 Å². The minimum Gasteiger partial charge on any atom is -0.392 e. The lowest BCUT2D eigenvalue weighted by Gasteiger charge is -2.40. The molecule has 1 saturated carbocycles. The molecule has 3 aliphatic rings. The van der Waals surface area contributed by atoms with E-state index in [1.807, 2.05) is 0 Å². The van der Waals surface area contributed by atoms with Crippen molar-refractivity contribution in [1.29, 1.82) is 0 Å². The minimum atomic E-state index is -0.644. The number of nitrogens with zero attached hydrogens (tertiary/aromatic N) is 1. The molecular weight excluding hydrogens is 284 g/mol. The van der Waals surface area contributed by atoms with E-state index >= 15 is 0 Å². The molecule has 0 spiro atoms. The second kappa shape index (κ2) is 6.21. The van der Waals surface area contributed by atoms with Gasteiger partial charge in [0.05, 0.1) is 4.99 Å². The van der Waals surface area contributed by atoms with Crippen LogP contribution in [0.3, 0.4) is 0 Å². The molecule has 0 radical (unpaired) electrons. The van der Waals surface area contributed by atoms with Crippen molar-refractivity contribution in [2.75, 3.05) is 19.8 Å². The predicted molar refractivity (Wildman–Crippen MR) is 86.0 cm³/mol. The van der Waals surface area contributed by atoms with Gasteiger partial charge in [-0.3, -0.25) is 4.79 Å². The van der Waals surface area contributed by atoms with E-state index in [-0.39, 0.29) is 5.91 Å². The van der Waals surface area contributed by atoms with Crippen molar-refractivity contribution in [3.8, 4) is 0 Å². The second-order valence-corrected chi connectivity index (χ2v) is 7.25. The molecule has 0 aromatic heterocycles. The van der Waals surface area contributed by atoms with Gasteiger partial charge in [0.25, 0.3) is 0 Å². The Labute approximate surface area is 132 Å².